The van der Waals surface area contributed by atoms with Crippen LogP contribution in [0.5, 0.6) is 11.5 Å². The lowest BCUT2D eigenvalue weighted by atomic mass is 9.70. The number of phenolic OH excluding ortho intramolecular Hbond substituents is 2. The van der Waals surface area contributed by atoms with Crippen LogP contribution in [0, 0.1) is 11.3 Å². The summed E-state index contributed by atoms with van der Waals surface area (Å²) in [5.74, 6) is 0.304. The van der Waals surface area contributed by atoms with Gasteiger partial charge in [-0.1, -0.05) is 54.6 Å². The van der Waals surface area contributed by atoms with E-state index in [0.29, 0.717) is 0 Å². The van der Waals surface area contributed by atoms with Crippen molar-refractivity contribution in [1.29, 1.82) is 5.26 Å². The van der Waals surface area contributed by atoms with Crippen molar-refractivity contribution in [3.63, 3.8) is 0 Å². The Morgan fingerprint density at radius 3 is 1.39 bits per heavy atom. The molecule has 0 spiro atoms. The quantitative estimate of drug-likeness (QED) is 0.720. The number of phenols is 2. The van der Waals surface area contributed by atoms with E-state index in [0.717, 1.165) is 16.7 Å². The molecule has 0 aromatic heterocycles. The summed E-state index contributed by atoms with van der Waals surface area (Å²) in [6.07, 6.45) is 0. The highest BCUT2D eigenvalue weighted by molar-refractivity contribution is 5.57. The summed E-state index contributed by atoms with van der Waals surface area (Å²) >= 11 is 0. The first-order valence-electron chi connectivity index (χ1n) is 7.22. The smallest absolute Gasteiger partial charge is 0.132 e. The van der Waals surface area contributed by atoms with Gasteiger partial charge in [0.05, 0.1) is 6.07 Å². The first-order valence-corrected chi connectivity index (χ1v) is 7.22. The van der Waals surface area contributed by atoms with Gasteiger partial charge >= 0.3 is 0 Å². The van der Waals surface area contributed by atoms with E-state index in [2.05, 4.69) is 6.07 Å². The van der Waals surface area contributed by atoms with E-state index in [-0.39, 0.29) is 11.5 Å². The fourth-order valence-electron chi connectivity index (χ4n) is 2.80. The normalized spacial score (nSPS) is 10.9. The molecular weight excluding hydrogens is 286 g/mol. The summed E-state index contributed by atoms with van der Waals surface area (Å²) in [5.41, 5.74) is 1.34. The predicted octanol–water partition coefficient (Wildman–Crippen LogP) is 3.96. The third kappa shape index (κ3) is 2.51. The highest BCUT2D eigenvalue weighted by Gasteiger charge is 2.36. The van der Waals surface area contributed by atoms with Crippen LogP contribution in [0.2, 0.25) is 0 Å². The fraction of sp³-hybridized carbons (Fsp3) is 0.0500. The van der Waals surface area contributed by atoms with E-state index in [1.54, 1.807) is 48.5 Å². The van der Waals surface area contributed by atoms with Gasteiger partial charge in [-0.2, -0.15) is 5.26 Å². The van der Waals surface area contributed by atoms with Crippen LogP contribution in [0.15, 0.2) is 78.9 Å². The van der Waals surface area contributed by atoms with Crippen molar-refractivity contribution in [1.82, 2.24) is 0 Å². The monoisotopic (exact) mass is 301 g/mol. The average Bonchev–Trinajstić information content (AvgIpc) is 2.60. The van der Waals surface area contributed by atoms with Gasteiger partial charge in [0.15, 0.2) is 0 Å². The average molecular weight is 301 g/mol. The molecule has 0 atom stereocenters. The molecule has 0 heterocycles. The molecule has 112 valence electrons. The molecule has 0 fully saturated rings. The lowest BCUT2D eigenvalue weighted by Crippen LogP contribution is -2.27. The fourth-order valence-corrected chi connectivity index (χ4v) is 2.80. The Hall–Kier alpha value is -3.25. The zero-order valence-corrected chi connectivity index (χ0v) is 12.3. The van der Waals surface area contributed by atoms with Crippen molar-refractivity contribution in [2.24, 2.45) is 0 Å². The third-order valence-electron chi connectivity index (χ3n) is 3.98. The lowest BCUT2D eigenvalue weighted by molar-refractivity contribution is 0.475. The van der Waals surface area contributed by atoms with Crippen LogP contribution in [-0.4, -0.2) is 10.2 Å². The molecule has 0 amide bonds. The number of hydrogen-bond donors (Lipinski definition) is 2. The van der Waals surface area contributed by atoms with Gasteiger partial charge in [-0.15, -0.1) is 0 Å². The second kappa shape index (κ2) is 5.86. The molecular formula is C20H15NO2. The Bertz CT molecular complexity index is 786. The van der Waals surface area contributed by atoms with E-state index < -0.39 is 5.41 Å². The predicted molar refractivity (Wildman–Crippen MR) is 88.2 cm³/mol. The first-order chi connectivity index (χ1) is 11.2. The van der Waals surface area contributed by atoms with Gasteiger partial charge in [-0.25, -0.2) is 0 Å². The van der Waals surface area contributed by atoms with Crippen LogP contribution in [0.4, 0.5) is 0 Å². The molecule has 0 aliphatic carbocycles. The standard InChI is InChI=1S/C20H15NO2/c21-14-20(15-4-2-1-3-5-15,16-6-10-18(22)11-7-16)17-8-12-19(23)13-9-17/h1-13,22-23H. The number of rotatable bonds is 3. The second-order valence-electron chi connectivity index (χ2n) is 5.32. The van der Waals surface area contributed by atoms with Crippen LogP contribution in [0.1, 0.15) is 16.7 Å². The van der Waals surface area contributed by atoms with Gasteiger partial charge in [0.2, 0.25) is 0 Å². The van der Waals surface area contributed by atoms with Gasteiger partial charge in [0.1, 0.15) is 16.9 Å². The molecule has 0 saturated heterocycles. The van der Waals surface area contributed by atoms with E-state index in [4.69, 9.17) is 0 Å². The van der Waals surface area contributed by atoms with Gasteiger partial charge in [-0.3, -0.25) is 0 Å². The summed E-state index contributed by atoms with van der Waals surface area (Å²) in [7, 11) is 0. The summed E-state index contributed by atoms with van der Waals surface area (Å²) < 4.78 is 0. The second-order valence-corrected chi connectivity index (χ2v) is 5.32. The lowest BCUT2D eigenvalue weighted by Gasteiger charge is -2.28. The van der Waals surface area contributed by atoms with Gasteiger partial charge < -0.3 is 10.2 Å². The Kier molecular flexibility index (Phi) is 3.74. The maximum absolute atomic E-state index is 10.1. The number of aromatic hydroxyl groups is 2. The molecule has 0 unspecified atom stereocenters. The molecule has 3 heteroatoms. The highest BCUT2D eigenvalue weighted by atomic mass is 16.3. The zero-order chi connectivity index (χ0) is 16.3. The molecule has 0 bridgehead atoms. The minimum Gasteiger partial charge on any atom is -0.508 e. The Morgan fingerprint density at radius 2 is 1.00 bits per heavy atom. The number of benzene rings is 3. The van der Waals surface area contributed by atoms with Gasteiger partial charge in [0.25, 0.3) is 0 Å². The van der Waals surface area contributed by atoms with E-state index in [9.17, 15) is 15.5 Å². The summed E-state index contributed by atoms with van der Waals surface area (Å²) in [6.45, 7) is 0. The molecule has 0 radical (unpaired) electrons. The summed E-state index contributed by atoms with van der Waals surface area (Å²) in [6, 6.07) is 25.2. The van der Waals surface area contributed by atoms with Crippen LogP contribution in [-0.2, 0) is 5.41 Å². The summed E-state index contributed by atoms with van der Waals surface area (Å²) in [4.78, 5) is 0. The molecule has 23 heavy (non-hydrogen) atoms. The number of nitriles is 1. The molecule has 0 saturated carbocycles. The van der Waals surface area contributed by atoms with Crippen molar-refractivity contribution in [3.05, 3.63) is 95.6 Å². The molecule has 0 aliphatic heterocycles. The largest absolute Gasteiger partial charge is 0.508 e. The van der Waals surface area contributed by atoms with Crippen LogP contribution < -0.4 is 0 Å². The Labute approximate surface area is 134 Å². The topological polar surface area (TPSA) is 64.2 Å². The third-order valence-corrected chi connectivity index (χ3v) is 3.98. The van der Waals surface area contributed by atoms with Crippen molar-refractivity contribution in [2.45, 2.75) is 5.41 Å². The van der Waals surface area contributed by atoms with Crippen molar-refractivity contribution in [2.75, 3.05) is 0 Å². The molecule has 2 N–H and O–H groups in total. The number of hydrogen-bond acceptors (Lipinski definition) is 3. The van der Waals surface area contributed by atoms with E-state index in [1.807, 2.05) is 30.3 Å². The molecule has 3 rings (SSSR count). The van der Waals surface area contributed by atoms with Crippen molar-refractivity contribution >= 4 is 0 Å². The number of nitrogens with zero attached hydrogens (tertiary/aromatic N) is 1. The Morgan fingerprint density at radius 1 is 0.609 bits per heavy atom. The van der Waals surface area contributed by atoms with Gasteiger partial charge in [0, 0.05) is 0 Å². The molecule has 3 aromatic carbocycles. The van der Waals surface area contributed by atoms with E-state index in [1.165, 1.54) is 0 Å². The minimum atomic E-state index is -1.01. The molecule has 0 aliphatic rings. The maximum Gasteiger partial charge on any atom is 0.132 e. The van der Waals surface area contributed by atoms with Crippen molar-refractivity contribution in [3.8, 4) is 17.6 Å². The van der Waals surface area contributed by atoms with Crippen LogP contribution in [0.25, 0.3) is 0 Å². The molecule has 3 nitrogen and oxygen atoms in total. The zero-order valence-electron chi connectivity index (χ0n) is 12.3. The molecule has 3 aromatic rings. The highest BCUT2D eigenvalue weighted by Crippen LogP contribution is 2.39. The van der Waals surface area contributed by atoms with Crippen molar-refractivity contribution < 1.29 is 10.2 Å². The SMILES string of the molecule is N#CC(c1ccccc1)(c1ccc(O)cc1)c1ccc(O)cc1. The van der Waals surface area contributed by atoms with Crippen LogP contribution in [0.3, 0.4) is 0 Å². The summed E-state index contributed by atoms with van der Waals surface area (Å²) in [5, 5.41) is 29.2. The Balaban J connectivity index is 2.30. The van der Waals surface area contributed by atoms with Gasteiger partial charge in [-0.05, 0) is 41.0 Å². The maximum atomic E-state index is 10.1. The first kappa shape index (κ1) is 14.7. The van der Waals surface area contributed by atoms with Crippen LogP contribution >= 0.6 is 0 Å². The minimum absolute atomic E-state index is 0.152. The van der Waals surface area contributed by atoms with E-state index >= 15 is 0 Å².